The minimum Gasteiger partial charge on any atom is -0.395 e. The third-order valence-corrected chi connectivity index (χ3v) is 4.49. The van der Waals surface area contributed by atoms with Crippen LogP contribution in [0.25, 0.3) is 0 Å². The topological polar surface area (TPSA) is 38.7 Å². The lowest BCUT2D eigenvalue weighted by atomic mass is 10.2. The molecule has 2 aliphatic rings. The zero-order valence-corrected chi connectivity index (χ0v) is 13.0. The van der Waals surface area contributed by atoms with Crippen molar-refractivity contribution in [3.63, 3.8) is 0 Å². The lowest BCUT2D eigenvalue weighted by Gasteiger charge is -2.37. The van der Waals surface area contributed by atoms with E-state index in [1.807, 2.05) is 0 Å². The Morgan fingerprint density at radius 1 is 1.24 bits per heavy atom. The maximum atomic E-state index is 9.49. The monoisotopic (exact) mass is 289 g/mol. The van der Waals surface area contributed by atoms with Crippen molar-refractivity contribution < 1.29 is 5.11 Å². The standard InChI is InChI=1S/C17H27N3O/c1-14-3-2-4-17(11-14)20-9-7-19(8-10-20)12-16(13-21)18-15-5-6-15/h2-4,11,15-16,18,21H,5-10,12-13H2,1H3. The van der Waals surface area contributed by atoms with E-state index in [1.165, 1.54) is 24.1 Å². The van der Waals surface area contributed by atoms with Crippen LogP contribution in [-0.2, 0) is 0 Å². The number of aliphatic hydroxyl groups excluding tert-OH is 1. The molecule has 3 rings (SSSR count). The van der Waals surface area contributed by atoms with E-state index in [-0.39, 0.29) is 12.6 Å². The Labute approximate surface area is 127 Å². The van der Waals surface area contributed by atoms with Crippen LogP contribution in [0.2, 0.25) is 0 Å². The van der Waals surface area contributed by atoms with Crippen molar-refractivity contribution in [2.75, 3.05) is 44.2 Å². The van der Waals surface area contributed by atoms with E-state index in [4.69, 9.17) is 0 Å². The number of benzene rings is 1. The van der Waals surface area contributed by atoms with Crippen LogP contribution < -0.4 is 10.2 Å². The van der Waals surface area contributed by atoms with Gasteiger partial charge in [0, 0.05) is 50.5 Å². The molecule has 0 aromatic heterocycles. The molecule has 4 heteroatoms. The Morgan fingerprint density at radius 2 is 2.00 bits per heavy atom. The van der Waals surface area contributed by atoms with Crippen LogP contribution in [0.15, 0.2) is 24.3 Å². The zero-order chi connectivity index (χ0) is 14.7. The molecule has 1 aromatic carbocycles. The van der Waals surface area contributed by atoms with E-state index in [0.717, 1.165) is 32.7 Å². The normalized spacial score (nSPS) is 21.5. The van der Waals surface area contributed by atoms with Crippen LogP contribution >= 0.6 is 0 Å². The van der Waals surface area contributed by atoms with Crippen LogP contribution in [0, 0.1) is 6.92 Å². The summed E-state index contributed by atoms with van der Waals surface area (Å²) in [7, 11) is 0. The Hall–Kier alpha value is -1.10. The van der Waals surface area contributed by atoms with Gasteiger partial charge in [0.1, 0.15) is 0 Å². The molecular formula is C17H27N3O. The van der Waals surface area contributed by atoms with Gasteiger partial charge in [-0.3, -0.25) is 4.90 Å². The van der Waals surface area contributed by atoms with Crippen molar-refractivity contribution in [2.45, 2.75) is 31.8 Å². The van der Waals surface area contributed by atoms with Crippen molar-refractivity contribution in [1.29, 1.82) is 0 Å². The molecule has 2 fully saturated rings. The summed E-state index contributed by atoms with van der Waals surface area (Å²) < 4.78 is 0. The van der Waals surface area contributed by atoms with Crippen LogP contribution in [0.4, 0.5) is 5.69 Å². The van der Waals surface area contributed by atoms with Gasteiger partial charge in [-0.2, -0.15) is 0 Å². The second-order valence-electron chi connectivity index (χ2n) is 6.45. The third kappa shape index (κ3) is 4.19. The van der Waals surface area contributed by atoms with Crippen molar-refractivity contribution in [2.24, 2.45) is 0 Å². The zero-order valence-electron chi connectivity index (χ0n) is 13.0. The minimum absolute atomic E-state index is 0.239. The first-order valence-corrected chi connectivity index (χ1v) is 8.15. The van der Waals surface area contributed by atoms with E-state index in [0.29, 0.717) is 6.04 Å². The molecule has 1 atom stereocenters. The van der Waals surface area contributed by atoms with Gasteiger partial charge in [-0.25, -0.2) is 0 Å². The molecule has 1 aromatic rings. The number of piperazine rings is 1. The minimum atomic E-state index is 0.239. The molecule has 1 unspecified atom stereocenters. The maximum absolute atomic E-state index is 9.49. The molecule has 4 nitrogen and oxygen atoms in total. The van der Waals surface area contributed by atoms with Gasteiger partial charge in [0.15, 0.2) is 0 Å². The van der Waals surface area contributed by atoms with Gasteiger partial charge < -0.3 is 15.3 Å². The van der Waals surface area contributed by atoms with Crippen LogP contribution in [0.5, 0.6) is 0 Å². The molecule has 1 heterocycles. The Morgan fingerprint density at radius 3 is 2.62 bits per heavy atom. The van der Waals surface area contributed by atoms with Crippen LogP contribution in [-0.4, -0.2) is 61.4 Å². The maximum Gasteiger partial charge on any atom is 0.0597 e. The molecule has 0 bridgehead atoms. The molecule has 1 saturated heterocycles. The Kier molecular flexibility index (Phi) is 4.78. The summed E-state index contributed by atoms with van der Waals surface area (Å²) in [5.41, 5.74) is 2.66. The van der Waals surface area contributed by atoms with E-state index in [9.17, 15) is 5.11 Å². The number of nitrogens with zero attached hydrogens (tertiary/aromatic N) is 2. The predicted octanol–water partition coefficient (Wildman–Crippen LogP) is 1.23. The van der Waals surface area contributed by atoms with Crippen LogP contribution in [0.1, 0.15) is 18.4 Å². The molecule has 116 valence electrons. The fourth-order valence-corrected chi connectivity index (χ4v) is 3.07. The fourth-order valence-electron chi connectivity index (χ4n) is 3.07. The highest BCUT2D eigenvalue weighted by atomic mass is 16.3. The van der Waals surface area contributed by atoms with Gasteiger partial charge in [-0.05, 0) is 37.5 Å². The highest BCUT2D eigenvalue weighted by Gasteiger charge is 2.26. The first kappa shape index (κ1) is 14.8. The lowest BCUT2D eigenvalue weighted by Crippen LogP contribution is -2.52. The Bertz CT molecular complexity index is 453. The number of aryl methyl sites for hydroxylation is 1. The van der Waals surface area contributed by atoms with E-state index >= 15 is 0 Å². The highest BCUT2D eigenvalue weighted by Crippen LogP contribution is 2.20. The van der Waals surface area contributed by atoms with Gasteiger partial charge >= 0.3 is 0 Å². The summed E-state index contributed by atoms with van der Waals surface area (Å²) in [6.45, 7) is 7.67. The van der Waals surface area contributed by atoms with Crippen molar-refractivity contribution in [3.8, 4) is 0 Å². The molecule has 1 saturated carbocycles. The van der Waals surface area contributed by atoms with Crippen molar-refractivity contribution in [1.82, 2.24) is 10.2 Å². The molecular weight excluding hydrogens is 262 g/mol. The number of rotatable bonds is 6. The van der Waals surface area contributed by atoms with Crippen LogP contribution in [0.3, 0.4) is 0 Å². The van der Waals surface area contributed by atoms with Crippen molar-refractivity contribution >= 4 is 5.69 Å². The van der Waals surface area contributed by atoms with Gasteiger partial charge in [-0.1, -0.05) is 12.1 Å². The predicted molar refractivity (Wildman–Crippen MR) is 86.9 cm³/mol. The second-order valence-corrected chi connectivity index (χ2v) is 6.45. The average molecular weight is 289 g/mol. The quantitative estimate of drug-likeness (QED) is 0.826. The number of aliphatic hydroxyl groups is 1. The molecule has 1 aliphatic carbocycles. The van der Waals surface area contributed by atoms with Gasteiger partial charge in [0.2, 0.25) is 0 Å². The van der Waals surface area contributed by atoms with E-state index in [2.05, 4.69) is 46.3 Å². The fraction of sp³-hybridized carbons (Fsp3) is 0.647. The summed E-state index contributed by atoms with van der Waals surface area (Å²) in [5.74, 6) is 0. The number of hydrogen-bond donors (Lipinski definition) is 2. The van der Waals surface area contributed by atoms with Crippen molar-refractivity contribution in [3.05, 3.63) is 29.8 Å². The van der Waals surface area contributed by atoms with Gasteiger partial charge in [0.05, 0.1) is 6.61 Å². The number of nitrogens with one attached hydrogen (secondary N) is 1. The summed E-state index contributed by atoms with van der Waals surface area (Å²) >= 11 is 0. The Balaban J connectivity index is 1.48. The smallest absolute Gasteiger partial charge is 0.0597 e. The second kappa shape index (κ2) is 6.77. The largest absolute Gasteiger partial charge is 0.395 e. The highest BCUT2D eigenvalue weighted by molar-refractivity contribution is 5.48. The lowest BCUT2D eigenvalue weighted by molar-refractivity contribution is 0.174. The SMILES string of the molecule is Cc1cccc(N2CCN(CC(CO)NC3CC3)CC2)c1. The first-order valence-electron chi connectivity index (χ1n) is 8.15. The molecule has 21 heavy (non-hydrogen) atoms. The third-order valence-electron chi connectivity index (χ3n) is 4.49. The molecule has 1 aliphatic heterocycles. The molecule has 2 N–H and O–H groups in total. The summed E-state index contributed by atoms with van der Waals surface area (Å²) in [6.07, 6.45) is 2.55. The van der Waals surface area contributed by atoms with E-state index in [1.54, 1.807) is 0 Å². The first-order chi connectivity index (χ1) is 10.2. The molecule has 0 amide bonds. The number of anilines is 1. The molecule has 0 spiro atoms. The van der Waals surface area contributed by atoms with Gasteiger partial charge in [-0.15, -0.1) is 0 Å². The molecule has 0 radical (unpaired) electrons. The average Bonchev–Trinajstić information content (AvgIpc) is 3.31. The summed E-state index contributed by atoms with van der Waals surface area (Å²) in [6, 6.07) is 9.65. The summed E-state index contributed by atoms with van der Waals surface area (Å²) in [5, 5.41) is 13.0. The van der Waals surface area contributed by atoms with E-state index < -0.39 is 0 Å². The van der Waals surface area contributed by atoms with Gasteiger partial charge in [0.25, 0.3) is 0 Å². The number of hydrogen-bond acceptors (Lipinski definition) is 4. The summed E-state index contributed by atoms with van der Waals surface area (Å²) in [4.78, 5) is 4.94.